The van der Waals surface area contributed by atoms with Crippen molar-refractivity contribution in [1.82, 2.24) is 14.8 Å². The van der Waals surface area contributed by atoms with Gasteiger partial charge in [-0.15, -0.1) is 10.2 Å². The second-order valence-electron chi connectivity index (χ2n) is 3.68. The maximum absolute atomic E-state index is 13.1. The molecule has 0 radical (unpaired) electrons. The van der Waals surface area contributed by atoms with Crippen LogP contribution in [0.5, 0.6) is 0 Å². The van der Waals surface area contributed by atoms with Gasteiger partial charge in [0.05, 0.1) is 6.10 Å². The molecule has 1 atom stereocenters. The molecular formula is C11H12FN3OS. The molecule has 1 aromatic heterocycles. The fraction of sp³-hybridized carbons (Fsp3) is 0.273. The van der Waals surface area contributed by atoms with Crippen molar-refractivity contribution in [2.75, 3.05) is 0 Å². The van der Waals surface area contributed by atoms with E-state index in [1.54, 1.807) is 23.9 Å². The van der Waals surface area contributed by atoms with Gasteiger partial charge in [0, 0.05) is 11.9 Å². The Morgan fingerprint density at radius 3 is 2.82 bits per heavy atom. The fourth-order valence-electron chi connectivity index (χ4n) is 1.40. The summed E-state index contributed by atoms with van der Waals surface area (Å²) in [4.78, 5) is 0.775. The van der Waals surface area contributed by atoms with Gasteiger partial charge < -0.3 is 9.67 Å². The number of halogens is 1. The largest absolute Gasteiger partial charge is 0.389 e. The number of rotatable bonds is 3. The standard InChI is InChI=1S/C11H12FN3OS/c1-7(16)9-5-8(12)3-4-10(9)17-11-14-13-6-15(11)2/h3-7,16H,1-2H3. The van der Waals surface area contributed by atoms with Crippen LogP contribution in [-0.2, 0) is 7.05 Å². The number of aliphatic hydroxyl groups excluding tert-OH is 1. The van der Waals surface area contributed by atoms with Gasteiger partial charge in [-0.3, -0.25) is 0 Å². The zero-order chi connectivity index (χ0) is 12.4. The lowest BCUT2D eigenvalue weighted by molar-refractivity contribution is 0.196. The van der Waals surface area contributed by atoms with Gasteiger partial charge in [-0.05, 0) is 42.4 Å². The molecule has 4 nitrogen and oxygen atoms in total. The lowest BCUT2D eigenvalue weighted by Gasteiger charge is -2.10. The van der Waals surface area contributed by atoms with E-state index < -0.39 is 6.10 Å². The first-order valence-corrected chi connectivity index (χ1v) is 5.89. The Bertz CT molecular complexity index is 527. The third kappa shape index (κ3) is 2.65. The summed E-state index contributed by atoms with van der Waals surface area (Å²) < 4.78 is 14.9. The first kappa shape index (κ1) is 12.1. The zero-order valence-corrected chi connectivity index (χ0v) is 10.3. The van der Waals surface area contributed by atoms with Gasteiger partial charge in [-0.1, -0.05) is 0 Å². The predicted octanol–water partition coefficient (Wildman–Crippen LogP) is 2.16. The van der Waals surface area contributed by atoms with E-state index in [0.717, 1.165) is 4.90 Å². The first-order valence-electron chi connectivity index (χ1n) is 5.07. The molecule has 0 bridgehead atoms. The summed E-state index contributed by atoms with van der Waals surface area (Å²) >= 11 is 1.35. The molecule has 1 aromatic carbocycles. The minimum absolute atomic E-state index is 0.358. The highest BCUT2D eigenvalue weighted by atomic mass is 32.2. The van der Waals surface area contributed by atoms with E-state index in [-0.39, 0.29) is 5.82 Å². The van der Waals surface area contributed by atoms with Crippen molar-refractivity contribution in [3.8, 4) is 0 Å². The average molecular weight is 253 g/mol. The average Bonchev–Trinajstić information content (AvgIpc) is 2.67. The maximum Gasteiger partial charge on any atom is 0.195 e. The van der Waals surface area contributed by atoms with E-state index in [2.05, 4.69) is 10.2 Å². The van der Waals surface area contributed by atoms with Crippen LogP contribution in [0.25, 0.3) is 0 Å². The van der Waals surface area contributed by atoms with Gasteiger partial charge >= 0.3 is 0 Å². The Morgan fingerprint density at radius 2 is 2.24 bits per heavy atom. The van der Waals surface area contributed by atoms with Crippen LogP contribution in [0.3, 0.4) is 0 Å². The minimum atomic E-state index is -0.721. The fourth-order valence-corrected chi connectivity index (χ4v) is 2.36. The molecule has 0 saturated heterocycles. The molecule has 6 heteroatoms. The predicted molar refractivity (Wildman–Crippen MR) is 62.2 cm³/mol. The summed E-state index contributed by atoms with van der Waals surface area (Å²) in [5.41, 5.74) is 0.554. The number of aryl methyl sites for hydroxylation is 1. The van der Waals surface area contributed by atoms with Gasteiger partial charge in [0.25, 0.3) is 0 Å². The van der Waals surface area contributed by atoms with Gasteiger partial charge in [-0.2, -0.15) is 0 Å². The summed E-state index contributed by atoms with van der Waals surface area (Å²) in [6.07, 6.45) is 0.870. The summed E-state index contributed by atoms with van der Waals surface area (Å²) in [7, 11) is 1.83. The Labute approximate surface area is 102 Å². The highest BCUT2D eigenvalue weighted by molar-refractivity contribution is 7.99. The minimum Gasteiger partial charge on any atom is -0.389 e. The van der Waals surface area contributed by atoms with E-state index in [4.69, 9.17) is 0 Å². The van der Waals surface area contributed by atoms with Crippen molar-refractivity contribution < 1.29 is 9.50 Å². The lowest BCUT2D eigenvalue weighted by atomic mass is 10.1. The van der Waals surface area contributed by atoms with Gasteiger partial charge in [0.15, 0.2) is 5.16 Å². The highest BCUT2D eigenvalue weighted by Crippen LogP contribution is 2.32. The number of hydrogen-bond acceptors (Lipinski definition) is 4. The van der Waals surface area contributed by atoms with Crippen LogP contribution in [0.4, 0.5) is 4.39 Å². The van der Waals surface area contributed by atoms with Crippen LogP contribution in [0.2, 0.25) is 0 Å². The molecule has 2 aromatic rings. The van der Waals surface area contributed by atoms with E-state index >= 15 is 0 Å². The highest BCUT2D eigenvalue weighted by Gasteiger charge is 2.12. The second kappa shape index (κ2) is 4.85. The van der Waals surface area contributed by atoms with Crippen LogP contribution in [0.15, 0.2) is 34.6 Å². The molecule has 90 valence electrons. The molecule has 17 heavy (non-hydrogen) atoms. The first-order chi connectivity index (χ1) is 8.08. The maximum atomic E-state index is 13.1. The van der Waals surface area contributed by atoms with E-state index in [1.165, 1.54) is 23.9 Å². The molecule has 0 amide bonds. The Morgan fingerprint density at radius 1 is 1.47 bits per heavy atom. The summed E-state index contributed by atoms with van der Waals surface area (Å²) in [6, 6.07) is 4.34. The number of hydrogen-bond donors (Lipinski definition) is 1. The molecule has 0 aliphatic carbocycles. The van der Waals surface area contributed by atoms with Crippen molar-refractivity contribution in [2.45, 2.75) is 23.1 Å². The molecule has 0 saturated carbocycles. The number of benzene rings is 1. The Hall–Kier alpha value is -1.40. The topological polar surface area (TPSA) is 50.9 Å². The van der Waals surface area contributed by atoms with Crippen LogP contribution in [-0.4, -0.2) is 19.9 Å². The third-order valence-corrected chi connectivity index (χ3v) is 3.44. The number of aromatic nitrogens is 3. The molecule has 1 unspecified atom stereocenters. The van der Waals surface area contributed by atoms with Crippen LogP contribution >= 0.6 is 11.8 Å². The van der Waals surface area contributed by atoms with Crippen molar-refractivity contribution in [3.63, 3.8) is 0 Å². The third-order valence-electron chi connectivity index (χ3n) is 2.29. The van der Waals surface area contributed by atoms with Crippen molar-refractivity contribution >= 4 is 11.8 Å². The smallest absolute Gasteiger partial charge is 0.195 e. The monoisotopic (exact) mass is 253 g/mol. The molecule has 2 rings (SSSR count). The molecule has 0 aliphatic rings. The molecular weight excluding hydrogens is 241 g/mol. The van der Waals surface area contributed by atoms with Crippen LogP contribution in [0, 0.1) is 5.82 Å². The number of aliphatic hydroxyl groups is 1. The molecule has 0 spiro atoms. The van der Waals surface area contributed by atoms with E-state index in [9.17, 15) is 9.50 Å². The van der Waals surface area contributed by atoms with Crippen molar-refractivity contribution in [1.29, 1.82) is 0 Å². The summed E-state index contributed by atoms with van der Waals surface area (Å²) in [6.45, 7) is 1.61. The second-order valence-corrected chi connectivity index (χ2v) is 4.69. The summed E-state index contributed by atoms with van der Waals surface area (Å²) in [5, 5.41) is 18.0. The van der Waals surface area contributed by atoms with Gasteiger partial charge in [0.2, 0.25) is 0 Å². The summed E-state index contributed by atoms with van der Waals surface area (Å²) in [5.74, 6) is -0.358. The normalized spacial score (nSPS) is 12.7. The number of nitrogens with zero attached hydrogens (tertiary/aromatic N) is 3. The molecule has 1 heterocycles. The SMILES string of the molecule is CC(O)c1cc(F)ccc1Sc1nncn1C. The quantitative estimate of drug-likeness (QED) is 0.910. The van der Waals surface area contributed by atoms with Gasteiger partial charge in [-0.25, -0.2) is 4.39 Å². The van der Waals surface area contributed by atoms with Crippen molar-refractivity contribution in [2.24, 2.45) is 7.05 Å². The zero-order valence-electron chi connectivity index (χ0n) is 9.46. The van der Waals surface area contributed by atoms with E-state index in [1.807, 2.05) is 7.05 Å². The Kier molecular flexibility index (Phi) is 3.44. The lowest BCUT2D eigenvalue weighted by Crippen LogP contribution is -1.96. The van der Waals surface area contributed by atoms with Crippen LogP contribution < -0.4 is 0 Å². The molecule has 1 N–H and O–H groups in total. The Balaban J connectivity index is 2.36. The van der Waals surface area contributed by atoms with Gasteiger partial charge in [0.1, 0.15) is 12.1 Å². The van der Waals surface area contributed by atoms with Crippen LogP contribution in [0.1, 0.15) is 18.6 Å². The molecule has 0 aliphatic heterocycles. The van der Waals surface area contributed by atoms with Crippen molar-refractivity contribution in [3.05, 3.63) is 35.9 Å². The molecule has 0 fully saturated rings. The van der Waals surface area contributed by atoms with E-state index in [0.29, 0.717) is 10.7 Å².